The molecule has 0 amide bonds. The molecule has 5 rings (SSSR count). The molecule has 0 saturated carbocycles. The Hall–Kier alpha value is -4.91. The molecular weight excluding hydrogens is 470 g/mol. The molecule has 0 aliphatic carbocycles. The number of nitrogens with zero attached hydrogens (tertiary/aromatic N) is 3. The van der Waals surface area contributed by atoms with E-state index >= 15 is 0 Å². The molecule has 0 bridgehead atoms. The van der Waals surface area contributed by atoms with Gasteiger partial charge in [-0.3, -0.25) is 0 Å². The van der Waals surface area contributed by atoms with E-state index in [1.54, 1.807) is 0 Å². The van der Waals surface area contributed by atoms with Crippen LogP contribution in [0.25, 0.3) is 45.3 Å². The summed E-state index contributed by atoms with van der Waals surface area (Å²) in [7, 11) is 7.73. The summed E-state index contributed by atoms with van der Waals surface area (Å²) in [4.78, 5) is 14.5. The van der Waals surface area contributed by atoms with Crippen molar-refractivity contribution in [3.05, 3.63) is 91.0 Å². The van der Waals surface area contributed by atoms with Crippen LogP contribution in [0.3, 0.4) is 0 Å². The van der Waals surface area contributed by atoms with Crippen molar-refractivity contribution >= 4 is 22.7 Å². The second-order valence-electron chi connectivity index (χ2n) is 8.71. The highest BCUT2D eigenvalue weighted by atomic mass is 15.0. The van der Waals surface area contributed by atoms with Gasteiger partial charge in [0.05, 0.1) is 22.7 Å². The van der Waals surface area contributed by atoms with Crippen LogP contribution in [-0.4, -0.2) is 43.1 Å². The summed E-state index contributed by atoms with van der Waals surface area (Å²) in [6.45, 7) is 0. The number of anilines is 4. The van der Waals surface area contributed by atoms with E-state index in [4.69, 9.17) is 15.0 Å². The van der Waals surface area contributed by atoms with Crippen LogP contribution in [-0.2, 0) is 0 Å². The molecular formula is C31H31N7. The summed E-state index contributed by atoms with van der Waals surface area (Å²) in [5, 5.41) is 13.4. The maximum atomic E-state index is 4.86. The molecule has 190 valence electrons. The van der Waals surface area contributed by atoms with E-state index in [1.807, 2.05) is 88.9 Å². The maximum absolute atomic E-state index is 4.86. The van der Waals surface area contributed by atoms with Crippen molar-refractivity contribution in [2.24, 2.45) is 0 Å². The first-order valence-electron chi connectivity index (χ1n) is 12.6. The molecule has 5 aromatic rings. The van der Waals surface area contributed by atoms with Crippen molar-refractivity contribution in [3.8, 4) is 45.3 Å². The van der Waals surface area contributed by atoms with Gasteiger partial charge in [-0.2, -0.15) is 0 Å². The first kappa shape index (κ1) is 24.8. The van der Waals surface area contributed by atoms with Gasteiger partial charge in [0.15, 0.2) is 17.5 Å². The monoisotopic (exact) mass is 501 g/mol. The third kappa shape index (κ3) is 4.74. The molecule has 7 heteroatoms. The molecule has 4 aromatic carbocycles. The van der Waals surface area contributed by atoms with Crippen molar-refractivity contribution in [3.63, 3.8) is 0 Å². The molecule has 38 heavy (non-hydrogen) atoms. The summed E-state index contributed by atoms with van der Waals surface area (Å²) >= 11 is 0. The first-order valence-corrected chi connectivity index (χ1v) is 12.6. The lowest BCUT2D eigenvalue weighted by molar-refractivity contribution is 1.07. The van der Waals surface area contributed by atoms with Crippen LogP contribution in [0.15, 0.2) is 91.0 Å². The van der Waals surface area contributed by atoms with Crippen LogP contribution < -0.4 is 21.3 Å². The summed E-state index contributed by atoms with van der Waals surface area (Å²) in [6, 6.07) is 30.5. The van der Waals surface area contributed by atoms with Crippen molar-refractivity contribution in [2.75, 3.05) is 49.5 Å². The Bertz CT molecular complexity index is 1450. The summed E-state index contributed by atoms with van der Waals surface area (Å²) < 4.78 is 0. The van der Waals surface area contributed by atoms with Crippen molar-refractivity contribution in [2.45, 2.75) is 0 Å². The lowest BCUT2D eigenvalue weighted by Crippen LogP contribution is -2.06. The van der Waals surface area contributed by atoms with E-state index in [0.717, 1.165) is 50.6 Å². The van der Waals surface area contributed by atoms with E-state index in [-0.39, 0.29) is 0 Å². The Morgan fingerprint density at radius 3 is 1.16 bits per heavy atom. The van der Waals surface area contributed by atoms with Crippen molar-refractivity contribution in [1.82, 2.24) is 15.0 Å². The van der Waals surface area contributed by atoms with E-state index in [1.165, 1.54) is 0 Å². The van der Waals surface area contributed by atoms with Crippen molar-refractivity contribution < 1.29 is 0 Å². The summed E-state index contributed by atoms with van der Waals surface area (Å²) in [5.74, 6) is 1.93. The molecule has 1 aromatic heterocycles. The molecule has 0 radical (unpaired) electrons. The number of hydrogen-bond donors (Lipinski definition) is 4. The predicted molar refractivity (Wildman–Crippen MR) is 160 cm³/mol. The van der Waals surface area contributed by atoms with Gasteiger partial charge in [-0.25, -0.2) is 15.0 Å². The predicted octanol–water partition coefficient (Wildman–Crippen LogP) is 6.71. The van der Waals surface area contributed by atoms with Gasteiger partial charge >= 0.3 is 0 Å². The fourth-order valence-electron chi connectivity index (χ4n) is 4.61. The van der Waals surface area contributed by atoms with Crippen molar-refractivity contribution in [1.29, 1.82) is 0 Å². The fourth-order valence-corrected chi connectivity index (χ4v) is 4.61. The van der Waals surface area contributed by atoms with E-state index in [2.05, 4.69) is 51.6 Å². The zero-order chi connectivity index (χ0) is 26.5. The van der Waals surface area contributed by atoms with Gasteiger partial charge < -0.3 is 21.3 Å². The SMILES string of the molecule is CNc1cc(NC)c(NC)c(-c2ccc(-c3nc(-c4ccccc4)nc(-c4ccccc4)n3)cc2)c1NC. The zero-order valence-corrected chi connectivity index (χ0v) is 22.0. The molecule has 0 atom stereocenters. The quantitative estimate of drug-likeness (QED) is 0.188. The highest BCUT2D eigenvalue weighted by Crippen LogP contribution is 2.45. The fraction of sp³-hybridized carbons (Fsp3) is 0.129. The van der Waals surface area contributed by atoms with Gasteiger partial charge in [0, 0.05) is 50.4 Å². The van der Waals surface area contributed by atoms with Gasteiger partial charge in [0.2, 0.25) is 0 Å². The van der Waals surface area contributed by atoms with E-state index < -0.39 is 0 Å². The average Bonchev–Trinajstić information content (AvgIpc) is 3.00. The number of nitrogens with one attached hydrogen (secondary N) is 4. The molecule has 0 aliphatic rings. The van der Waals surface area contributed by atoms with Gasteiger partial charge in [-0.15, -0.1) is 0 Å². The van der Waals surface area contributed by atoms with Crippen LogP contribution in [0.1, 0.15) is 0 Å². The Kier molecular flexibility index (Phi) is 7.17. The second-order valence-corrected chi connectivity index (χ2v) is 8.71. The molecule has 0 spiro atoms. The minimum atomic E-state index is 0.631. The minimum Gasteiger partial charge on any atom is -0.386 e. The minimum absolute atomic E-state index is 0.631. The second kappa shape index (κ2) is 11.0. The lowest BCUT2D eigenvalue weighted by atomic mass is 9.97. The van der Waals surface area contributed by atoms with Gasteiger partial charge in [-0.1, -0.05) is 84.9 Å². The normalized spacial score (nSPS) is 10.6. The van der Waals surface area contributed by atoms with E-state index in [0.29, 0.717) is 17.5 Å². The Morgan fingerprint density at radius 2 is 0.789 bits per heavy atom. The molecule has 0 saturated heterocycles. The van der Waals surface area contributed by atoms with E-state index in [9.17, 15) is 0 Å². The third-order valence-corrected chi connectivity index (χ3v) is 6.50. The van der Waals surface area contributed by atoms with Gasteiger partial charge in [0.25, 0.3) is 0 Å². The number of aromatic nitrogens is 3. The molecule has 1 heterocycles. The zero-order valence-electron chi connectivity index (χ0n) is 22.0. The number of benzene rings is 4. The molecule has 7 nitrogen and oxygen atoms in total. The highest BCUT2D eigenvalue weighted by Gasteiger charge is 2.18. The van der Waals surface area contributed by atoms with Gasteiger partial charge in [-0.05, 0) is 11.6 Å². The Labute approximate surface area is 223 Å². The summed E-state index contributed by atoms with van der Waals surface area (Å²) in [6.07, 6.45) is 0. The topological polar surface area (TPSA) is 86.8 Å². The maximum Gasteiger partial charge on any atom is 0.164 e. The van der Waals surface area contributed by atoms with Crippen LogP contribution in [0.2, 0.25) is 0 Å². The molecule has 4 N–H and O–H groups in total. The van der Waals surface area contributed by atoms with Crippen LogP contribution in [0, 0.1) is 0 Å². The molecule has 0 unspecified atom stereocenters. The standard InChI is InChI=1S/C31H31N7/c1-32-24-19-25(33-2)28(35-4)26(27(24)34-3)20-15-17-23(18-16-20)31-37-29(21-11-7-5-8-12-21)36-30(38-31)22-13-9-6-10-14-22/h5-19,32-35H,1-4H3. The smallest absolute Gasteiger partial charge is 0.164 e. The first-order chi connectivity index (χ1) is 18.7. The lowest BCUT2D eigenvalue weighted by Gasteiger charge is -2.22. The van der Waals surface area contributed by atoms with Crippen LogP contribution in [0.5, 0.6) is 0 Å². The average molecular weight is 502 g/mol. The Balaban J connectivity index is 1.63. The van der Waals surface area contributed by atoms with Crippen LogP contribution in [0.4, 0.5) is 22.7 Å². The largest absolute Gasteiger partial charge is 0.386 e. The molecule has 0 fully saturated rings. The van der Waals surface area contributed by atoms with Crippen LogP contribution >= 0.6 is 0 Å². The highest BCUT2D eigenvalue weighted by molar-refractivity contribution is 6.01. The van der Waals surface area contributed by atoms with Gasteiger partial charge in [0.1, 0.15) is 0 Å². The number of hydrogen-bond acceptors (Lipinski definition) is 7. The summed E-state index contributed by atoms with van der Waals surface area (Å²) in [5.41, 5.74) is 9.00. The Morgan fingerprint density at radius 1 is 0.421 bits per heavy atom. The number of rotatable bonds is 8. The third-order valence-electron chi connectivity index (χ3n) is 6.50. The molecule has 0 aliphatic heterocycles.